The van der Waals surface area contributed by atoms with E-state index in [0.717, 1.165) is 35.7 Å². The fraction of sp³-hybridized carbons (Fsp3) is 0.280. The molecule has 0 amide bonds. The Kier molecular flexibility index (Phi) is 6.96. The summed E-state index contributed by atoms with van der Waals surface area (Å²) in [5.74, 6) is 1.83. The highest BCUT2D eigenvalue weighted by Gasteiger charge is 2.07. The Morgan fingerprint density at radius 3 is 2.54 bits per heavy atom. The molecule has 3 nitrogen and oxygen atoms in total. The quantitative estimate of drug-likeness (QED) is 0.512. The predicted octanol–water partition coefficient (Wildman–Crippen LogP) is 5.80. The van der Waals surface area contributed by atoms with Crippen molar-refractivity contribution in [1.82, 2.24) is 0 Å². The third-order valence-corrected chi connectivity index (χ3v) is 4.60. The van der Waals surface area contributed by atoms with E-state index in [4.69, 9.17) is 9.47 Å². The zero-order valence-electron chi connectivity index (χ0n) is 16.9. The third-order valence-electron chi connectivity index (χ3n) is 4.60. The summed E-state index contributed by atoms with van der Waals surface area (Å²) in [5, 5.41) is 3.44. The molecule has 0 aromatic heterocycles. The average Bonchev–Trinajstić information content (AvgIpc) is 2.70. The van der Waals surface area contributed by atoms with E-state index in [-0.39, 0.29) is 6.10 Å². The van der Waals surface area contributed by atoms with Crippen LogP contribution in [0.15, 0.2) is 72.8 Å². The van der Waals surface area contributed by atoms with Gasteiger partial charge >= 0.3 is 0 Å². The molecule has 146 valence electrons. The van der Waals surface area contributed by atoms with Crippen molar-refractivity contribution in [3.05, 3.63) is 89.5 Å². The number of benzene rings is 3. The molecule has 1 atom stereocenters. The lowest BCUT2D eigenvalue weighted by Crippen LogP contribution is -2.23. The van der Waals surface area contributed by atoms with Gasteiger partial charge in [-0.25, -0.2) is 0 Å². The summed E-state index contributed by atoms with van der Waals surface area (Å²) in [5.41, 5.74) is 4.69. The monoisotopic (exact) mass is 375 g/mol. The van der Waals surface area contributed by atoms with Crippen LogP contribution >= 0.6 is 0 Å². The Labute approximate surface area is 168 Å². The number of ether oxygens (including phenoxy) is 2. The van der Waals surface area contributed by atoms with Crippen molar-refractivity contribution in [3.63, 3.8) is 0 Å². The first kappa shape index (κ1) is 19.8. The number of rotatable bonds is 9. The fourth-order valence-electron chi connectivity index (χ4n) is 2.98. The molecule has 1 unspecified atom stereocenters. The van der Waals surface area contributed by atoms with Gasteiger partial charge in [-0.3, -0.25) is 0 Å². The van der Waals surface area contributed by atoms with Gasteiger partial charge in [0, 0.05) is 18.2 Å². The number of hydrogen-bond acceptors (Lipinski definition) is 3. The second-order valence-corrected chi connectivity index (χ2v) is 7.19. The molecule has 3 rings (SSSR count). The van der Waals surface area contributed by atoms with Crippen molar-refractivity contribution < 1.29 is 9.47 Å². The lowest BCUT2D eigenvalue weighted by Gasteiger charge is -2.18. The van der Waals surface area contributed by atoms with Gasteiger partial charge in [-0.2, -0.15) is 0 Å². The standard InChI is InChI=1S/C25H29NO2/c1-19-12-13-20(2)25(16-19)28-21(3)18-26-23-10-7-11-24(17-23)27-15-14-22-8-5-4-6-9-22/h4-13,16-17,21,26H,14-15,18H2,1-3H3. The van der Waals surface area contributed by atoms with Gasteiger partial charge in [-0.1, -0.05) is 48.5 Å². The number of anilines is 1. The minimum atomic E-state index is 0.0585. The third kappa shape index (κ3) is 6.05. The number of hydrogen-bond donors (Lipinski definition) is 1. The molecule has 28 heavy (non-hydrogen) atoms. The van der Waals surface area contributed by atoms with E-state index in [0.29, 0.717) is 6.61 Å². The molecule has 0 fully saturated rings. The maximum absolute atomic E-state index is 6.10. The molecule has 1 N–H and O–H groups in total. The van der Waals surface area contributed by atoms with Gasteiger partial charge in [0.25, 0.3) is 0 Å². The van der Waals surface area contributed by atoms with Crippen LogP contribution in [0.25, 0.3) is 0 Å². The fourth-order valence-corrected chi connectivity index (χ4v) is 2.98. The smallest absolute Gasteiger partial charge is 0.122 e. The second-order valence-electron chi connectivity index (χ2n) is 7.19. The van der Waals surface area contributed by atoms with Gasteiger partial charge in [0.05, 0.1) is 13.2 Å². The number of nitrogens with one attached hydrogen (secondary N) is 1. The van der Waals surface area contributed by atoms with Crippen LogP contribution in [0.4, 0.5) is 5.69 Å². The summed E-state index contributed by atoms with van der Waals surface area (Å²) in [7, 11) is 0. The minimum absolute atomic E-state index is 0.0585. The summed E-state index contributed by atoms with van der Waals surface area (Å²) in [6.07, 6.45) is 0.960. The van der Waals surface area contributed by atoms with Crippen molar-refractivity contribution in [2.24, 2.45) is 0 Å². The van der Waals surface area contributed by atoms with Gasteiger partial charge in [-0.05, 0) is 55.7 Å². The van der Waals surface area contributed by atoms with E-state index in [1.807, 2.05) is 24.3 Å². The first-order chi connectivity index (χ1) is 13.6. The van der Waals surface area contributed by atoms with Crippen LogP contribution in [0.2, 0.25) is 0 Å². The highest BCUT2D eigenvalue weighted by molar-refractivity contribution is 5.48. The van der Waals surface area contributed by atoms with E-state index in [2.05, 4.69) is 74.6 Å². The van der Waals surface area contributed by atoms with E-state index >= 15 is 0 Å². The van der Waals surface area contributed by atoms with E-state index in [1.165, 1.54) is 11.1 Å². The first-order valence-corrected chi connectivity index (χ1v) is 9.85. The molecule has 0 heterocycles. The SMILES string of the molecule is Cc1ccc(C)c(OC(C)CNc2cccc(OCCc3ccccc3)c2)c1. The molecular formula is C25H29NO2. The van der Waals surface area contributed by atoms with Crippen molar-refractivity contribution in [1.29, 1.82) is 0 Å². The Morgan fingerprint density at radius 1 is 0.893 bits per heavy atom. The maximum Gasteiger partial charge on any atom is 0.122 e. The Hall–Kier alpha value is -2.94. The zero-order chi connectivity index (χ0) is 19.8. The topological polar surface area (TPSA) is 30.5 Å². The molecule has 0 aliphatic heterocycles. The maximum atomic E-state index is 6.10. The normalized spacial score (nSPS) is 11.7. The number of aryl methyl sites for hydroxylation is 2. The molecule has 3 aromatic rings. The molecule has 3 aromatic carbocycles. The van der Waals surface area contributed by atoms with Crippen molar-refractivity contribution in [2.45, 2.75) is 33.3 Å². The van der Waals surface area contributed by atoms with Gasteiger partial charge < -0.3 is 14.8 Å². The summed E-state index contributed by atoms with van der Waals surface area (Å²) in [4.78, 5) is 0. The predicted molar refractivity (Wildman–Crippen MR) is 117 cm³/mol. The van der Waals surface area contributed by atoms with Gasteiger partial charge in [0.15, 0.2) is 0 Å². The Bertz CT molecular complexity index is 877. The minimum Gasteiger partial charge on any atom is -0.493 e. The molecule has 3 heteroatoms. The highest BCUT2D eigenvalue weighted by atomic mass is 16.5. The molecule has 0 aliphatic carbocycles. The van der Waals surface area contributed by atoms with Crippen LogP contribution in [-0.2, 0) is 6.42 Å². The van der Waals surface area contributed by atoms with Crippen LogP contribution in [0.5, 0.6) is 11.5 Å². The lowest BCUT2D eigenvalue weighted by atomic mass is 10.1. The van der Waals surface area contributed by atoms with Crippen LogP contribution in [0.3, 0.4) is 0 Å². The van der Waals surface area contributed by atoms with E-state index in [9.17, 15) is 0 Å². The van der Waals surface area contributed by atoms with Crippen molar-refractivity contribution in [3.8, 4) is 11.5 Å². The highest BCUT2D eigenvalue weighted by Crippen LogP contribution is 2.21. The second kappa shape index (κ2) is 9.84. The molecule has 0 spiro atoms. The molecule has 0 saturated heterocycles. The molecule has 0 saturated carbocycles. The molecular weight excluding hydrogens is 346 g/mol. The van der Waals surface area contributed by atoms with Gasteiger partial charge in [0.2, 0.25) is 0 Å². The summed E-state index contributed by atoms with van der Waals surface area (Å²) in [6.45, 7) is 7.62. The Balaban J connectivity index is 1.48. The molecule has 0 aliphatic rings. The summed E-state index contributed by atoms with van der Waals surface area (Å²) in [6, 6.07) is 24.8. The van der Waals surface area contributed by atoms with Crippen molar-refractivity contribution in [2.75, 3.05) is 18.5 Å². The van der Waals surface area contributed by atoms with Crippen LogP contribution in [0.1, 0.15) is 23.6 Å². The lowest BCUT2D eigenvalue weighted by molar-refractivity contribution is 0.233. The summed E-state index contributed by atoms with van der Waals surface area (Å²) >= 11 is 0. The molecule has 0 bridgehead atoms. The van der Waals surface area contributed by atoms with Crippen LogP contribution < -0.4 is 14.8 Å². The van der Waals surface area contributed by atoms with E-state index < -0.39 is 0 Å². The average molecular weight is 376 g/mol. The van der Waals surface area contributed by atoms with E-state index in [1.54, 1.807) is 0 Å². The Morgan fingerprint density at radius 2 is 1.71 bits per heavy atom. The summed E-state index contributed by atoms with van der Waals surface area (Å²) < 4.78 is 12.0. The largest absolute Gasteiger partial charge is 0.493 e. The van der Waals surface area contributed by atoms with Crippen LogP contribution in [0, 0.1) is 13.8 Å². The van der Waals surface area contributed by atoms with Crippen LogP contribution in [-0.4, -0.2) is 19.3 Å². The zero-order valence-corrected chi connectivity index (χ0v) is 16.9. The van der Waals surface area contributed by atoms with Gasteiger partial charge in [0.1, 0.15) is 17.6 Å². The van der Waals surface area contributed by atoms with Gasteiger partial charge in [-0.15, -0.1) is 0 Å². The molecule has 0 radical (unpaired) electrons. The van der Waals surface area contributed by atoms with Crippen molar-refractivity contribution >= 4 is 5.69 Å². The first-order valence-electron chi connectivity index (χ1n) is 9.85.